The molecular formula is C11H26N2. The Balaban J connectivity index is 0.000000252. The molecule has 2 heteroatoms. The molecule has 1 saturated carbocycles. The zero-order valence-corrected chi connectivity index (χ0v) is 9.47. The van der Waals surface area contributed by atoms with Crippen molar-refractivity contribution in [2.45, 2.75) is 52.5 Å². The Morgan fingerprint density at radius 3 is 2.08 bits per heavy atom. The van der Waals surface area contributed by atoms with Crippen molar-refractivity contribution in [3.8, 4) is 0 Å². The SMILES string of the molecule is CC1CCCC(N)C1.CCNCC. The molecule has 1 rings (SSSR count). The Bertz CT molecular complexity index is 94.3. The first-order valence-electron chi connectivity index (χ1n) is 5.66. The Hall–Kier alpha value is -0.0800. The summed E-state index contributed by atoms with van der Waals surface area (Å²) in [5.41, 5.74) is 5.73. The minimum atomic E-state index is 0.513. The summed E-state index contributed by atoms with van der Waals surface area (Å²) in [6, 6.07) is 0.513. The Morgan fingerprint density at radius 2 is 1.85 bits per heavy atom. The van der Waals surface area contributed by atoms with Crippen molar-refractivity contribution >= 4 is 0 Å². The lowest BCUT2D eigenvalue weighted by atomic mass is 9.88. The van der Waals surface area contributed by atoms with E-state index in [0.29, 0.717) is 6.04 Å². The highest BCUT2D eigenvalue weighted by atomic mass is 14.8. The van der Waals surface area contributed by atoms with Crippen LogP contribution in [0.15, 0.2) is 0 Å². The molecule has 80 valence electrons. The van der Waals surface area contributed by atoms with Gasteiger partial charge in [-0.25, -0.2) is 0 Å². The molecule has 0 amide bonds. The van der Waals surface area contributed by atoms with Crippen LogP contribution in [-0.4, -0.2) is 19.1 Å². The lowest BCUT2D eigenvalue weighted by Crippen LogP contribution is -2.26. The smallest absolute Gasteiger partial charge is 0.00413 e. The molecule has 1 aliphatic rings. The molecule has 0 aromatic carbocycles. The van der Waals surface area contributed by atoms with Crippen LogP contribution in [-0.2, 0) is 0 Å². The van der Waals surface area contributed by atoms with Crippen LogP contribution in [0.5, 0.6) is 0 Å². The summed E-state index contributed by atoms with van der Waals surface area (Å²) in [7, 11) is 0. The monoisotopic (exact) mass is 186 g/mol. The van der Waals surface area contributed by atoms with Crippen molar-refractivity contribution in [2.24, 2.45) is 11.7 Å². The van der Waals surface area contributed by atoms with Crippen molar-refractivity contribution in [1.29, 1.82) is 0 Å². The van der Waals surface area contributed by atoms with Crippen LogP contribution in [0, 0.1) is 5.92 Å². The largest absolute Gasteiger partial charge is 0.328 e. The van der Waals surface area contributed by atoms with Crippen LogP contribution in [0.4, 0.5) is 0 Å². The maximum Gasteiger partial charge on any atom is 0.00413 e. The molecule has 0 aliphatic heterocycles. The third-order valence-corrected chi connectivity index (χ3v) is 2.48. The second-order valence-corrected chi connectivity index (χ2v) is 3.99. The Morgan fingerprint density at radius 1 is 1.23 bits per heavy atom. The van der Waals surface area contributed by atoms with E-state index in [0.717, 1.165) is 19.0 Å². The summed E-state index contributed by atoms with van der Waals surface area (Å²) in [5, 5.41) is 3.11. The molecule has 0 spiro atoms. The van der Waals surface area contributed by atoms with E-state index >= 15 is 0 Å². The van der Waals surface area contributed by atoms with E-state index in [4.69, 9.17) is 5.73 Å². The van der Waals surface area contributed by atoms with Gasteiger partial charge >= 0.3 is 0 Å². The molecule has 3 N–H and O–H groups in total. The molecule has 0 saturated heterocycles. The first-order valence-corrected chi connectivity index (χ1v) is 5.66. The molecule has 1 fully saturated rings. The topological polar surface area (TPSA) is 38.0 Å². The van der Waals surface area contributed by atoms with Crippen molar-refractivity contribution in [3.63, 3.8) is 0 Å². The second-order valence-electron chi connectivity index (χ2n) is 3.99. The maximum atomic E-state index is 5.73. The van der Waals surface area contributed by atoms with Crippen LogP contribution >= 0.6 is 0 Å². The van der Waals surface area contributed by atoms with Crippen molar-refractivity contribution in [3.05, 3.63) is 0 Å². The predicted molar refractivity (Wildman–Crippen MR) is 59.8 cm³/mol. The summed E-state index contributed by atoms with van der Waals surface area (Å²) in [6.07, 6.45) is 5.25. The molecule has 0 bridgehead atoms. The number of nitrogens with one attached hydrogen (secondary N) is 1. The van der Waals surface area contributed by atoms with E-state index in [2.05, 4.69) is 26.1 Å². The fraction of sp³-hybridized carbons (Fsp3) is 1.00. The normalized spacial score (nSPS) is 27.7. The van der Waals surface area contributed by atoms with E-state index < -0.39 is 0 Å². The van der Waals surface area contributed by atoms with E-state index in [1.165, 1.54) is 25.7 Å². The van der Waals surface area contributed by atoms with Gasteiger partial charge in [0.15, 0.2) is 0 Å². The van der Waals surface area contributed by atoms with Crippen LogP contribution in [0.3, 0.4) is 0 Å². The molecule has 2 nitrogen and oxygen atoms in total. The van der Waals surface area contributed by atoms with Crippen molar-refractivity contribution in [1.82, 2.24) is 5.32 Å². The quantitative estimate of drug-likeness (QED) is 0.693. The van der Waals surface area contributed by atoms with Gasteiger partial charge in [0.25, 0.3) is 0 Å². The molecule has 0 aromatic rings. The van der Waals surface area contributed by atoms with Crippen molar-refractivity contribution < 1.29 is 0 Å². The van der Waals surface area contributed by atoms with Crippen molar-refractivity contribution in [2.75, 3.05) is 13.1 Å². The zero-order chi connectivity index (χ0) is 10.1. The highest BCUT2D eigenvalue weighted by molar-refractivity contribution is 4.71. The van der Waals surface area contributed by atoms with E-state index in [1.54, 1.807) is 0 Å². The molecule has 13 heavy (non-hydrogen) atoms. The molecule has 2 atom stereocenters. The Labute approximate surface area is 83.3 Å². The summed E-state index contributed by atoms with van der Waals surface area (Å²) in [4.78, 5) is 0. The molecule has 1 aliphatic carbocycles. The predicted octanol–water partition coefficient (Wildman–Crippen LogP) is 2.14. The van der Waals surface area contributed by atoms with Gasteiger partial charge in [-0.15, -0.1) is 0 Å². The first kappa shape index (κ1) is 12.9. The lowest BCUT2D eigenvalue weighted by Gasteiger charge is -2.22. The third kappa shape index (κ3) is 8.26. The highest BCUT2D eigenvalue weighted by Gasteiger charge is 2.13. The molecule has 0 heterocycles. The van der Waals surface area contributed by atoms with Crippen LogP contribution in [0.2, 0.25) is 0 Å². The van der Waals surface area contributed by atoms with Gasteiger partial charge in [0.2, 0.25) is 0 Å². The van der Waals surface area contributed by atoms with Gasteiger partial charge in [0.1, 0.15) is 0 Å². The van der Waals surface area contributed by atoms with Gasteiger partial charge < -0.3 is 11.1 Å². The third-order valence-electron chi connectivity index (χ3n) is 2.48. The average Bonchev–Trinajstić information content (AvgIpc) is 2.06. The lowest BCUT2D eigenvalue weighted by molar-refractivity contribution is 0.344. The fourth-order valence-corrected chi connectivity index (χ4v) is 1.73. The van der Waals surface area contributed by atoms with Gasteiger partial charge in [0.05, 0.1) is 0 Å². The van der Waals surface area contributed by atoms with E-state index in [1.807, 2.05) is 0 Å². The minimum absolute atomic E-state index is 0.513. The first-order chi connectivity index (χ1) is 6.20. The van der Waals surface area contributed by atoms with E-state index in [-0.39, 0.29) is 0 Å². The molecular weight excluding hydrogens is 160 g/mol. The number of hydrogen-bond donors (Lipinski definition) is 2. The van der Waals surface area contributed by atoms with Gasteiger partial charge in [-0.05, 0) is 31.8 Å². The molecule has 2 unspecified atom stereocenters. The van der Waals surface area contributed by atoms with Gasteiger partial charge in [-0.3, -0.25) is 0 Å². The Kier molecular flexibility index (Phi) is 8.46. The van der Waals surface area contributed by atoms with Crippen LogP contribution in [0.1, 0.15) is 46.5 Å². The average molecular weight is 186 g/mol. The number of rotatable bonds is 2. The summed E-state index contributed by atoms with van der Waals surface area (Å²) < 4.78 is 0. The fourth-order valence-electron chi connectivity index (χ4n) is 1.73. The standard InChI is InChI=1S/C7H15N.C4H11N/c1-6-3-2-4-7(8)5-6;1-3-5-4-2/h6-7H,2-5,8H2,1H3;5H,3-4H2,1-2H3. The summed E-state index contributed by atoms with van der Waals surface area (Å²) >= 11 is 0. The summed E-state index contributed by atoms with van der Waals surface area (Å²) in [6.45, 7) is 8.68. The highest BCUT2D eigenvalue weighted by Crippen LogP contribution is 2.21. The van der Waals surface area contributed by atoms with Gasteiger partial charge in [-0.2, -0.15) is 0 Å². The van der Waals surface area contributed by atoms with Gasteiger partial charge in [-0.1, -0.05) is 33.6 Å². The van der Waals surface area contributed by atoms with Crippen LogP contribution in [0.25, 0.3) is 0 Å². The number of hydrogen-bond acceptors (Lipinski definition) is 2. The molecule has 0 aromatic heterocycles. The minimum Gasteiger partial charge on any atom is -0.328 e. The van der Waals surface area contributed by atoms with Crippen LogP contribution < -0.4 is 11.1 Å². The number of nitrogens with two attached hydrogens (primary N) is 1. The molecule has 0 radical (unpaired) electrons. The van der Waals surface area contributed by atoms with Gasteiger partial charge in [0, 0.05) is 6.04 Å². The summed E-state index contributed by atoms with van der Waals surface area (Å²) in [5.74, 6) is 0.888. The zero-order valence-electron chi connectivity index (χ0n) is 9.47. The second kappa shape index (κ2) is 8.52. The van der Waals surface area contributed by atoms with E-state index in [9.17, 15) is 0 Å². The maximum absolute atomic E-state index is 5.73.